The maximum absolute atomic E-state index is 9.08. The van der Waals surface area contributed by atoms with Gasteiger partial charge in [0.15, 0.2) is 0 Å². The zero-order chi connectivity index (χ0) is 12.0. The van der Waals surface area contributed by atoms with Crippen molar-refractivity contribution in [1.29, 1.82) is 0 Å². The second-order valence-electron chi connectivity index (χ2n) is 4.87. The number of aliphatic hydroxyl groups is 1. The SMILES string of the molecule is C#CCN1CCC(NC(C)C(C)CO)CC1. The molecule has 0 aromatic rings. The number of nitrogens with zero attached hydrogens (tertiary/aromatic N) is 1. The van der Waals surface area contributed by atoms with Gasteiger partial charge >= 0.3 is 0 Å². The van der Waals surface area contributed by atoms with E-state index in [-0.39, 0.29) is 6.61 Å². The highest BCUT2D eigenvalue weighted by molar-refractivity contribution is 4.90. The summed E-state index contributed by atoms with van der Waals surface area (Å²) in [5.41, 5.74) is 0. The monoisotopic (exact) mass is 224 g/mol. The van der Waals surface area contributed by atoms with Gasteiger partial charge in [0, 0.05) is 31.8 Å². The van der Waals surface area contributed by atoms with Crippen LogP contribution in [-0.4, -0.2) is 48.3 Å². The second kappa shape index (κ2) is 6.90. The lowest BCUT2D eigenvalue weighted by atomic mass is 9.99. The second-order valence-corrected chi connectivity index (χ2v) is 4.87. The van der Waals surface area contributed by atoms with Crippen molar-refractivity contribution in [3.8, 4) is 12.3 Å². The predicted molar refractivity (Wildman–Crippen MR) is 67.1 cm³/mol. The van der Waals surface area contributed by atoms with E-state index in [1.807, 2.05) is 0 Å². The number of likely N-dealkylation sites (tertiary alicyclic amines) is 1. The number of nitrogens with one attached hydrogen (secondary N) is 1. The number of hydrogen-bond donors (Lipinski definition) is 2. The van der Waals surface area contributed by atoms with E-state index in [0.717, 1.165) is 32.5 Å². The molecule has 3 nitrogen and oxygen atoms in total. The Labute approximate surface area is 99.2 Å². The van der Waals surface area contributed by atoms with Gasteiger partial charge in [-0.05, 0) is 25.7 Å². The molecule has 0 radical (unpaired) electrons. The highest BCUT2D eigenvalue weighted by Crippen LogP contribution is 2.12. The number of piperidine rings is 1. The lowest BCUT2D eigenvalue weighted by Crippen LogP contribution is -2.47. The van der Waals surface area contributed by atoms with Crippen LogP contribution in [0.2, 0.25) is 0 Å². The van der Waals surface area contributed by atoms with Gasteiger partial charge in [0.05, 0.1) is 6.54 Å². The first-order valence-corrected chi connectivity index (χ1v) is 6.20. The van der Waals surface area contributed by atoms with Gasteiger partial charge in [0.2, 0.25) is 0 Å². The zero-order valence-corrected chi connectivity index (χ0v) is 10.4. The molecule has 0 amide bonds. The molecule has 1 rings (SSSR count). The summed E-state index contributed by atoms with van der Waals surface area (Å²) in [6.45, 7) is 7.42. The van der Waals surface area contributed by atoms with Crippen molar-refractivity contribution in [1.82, 2.24) is 10.2 Å². The average Bonchev–Trinajstić information content (AvgIpc) is 2.31. The van der Waals surface area contributed by atoms with Crippen molar-refractivity contribution in [3.05, 3.63) is 0 Å². The van der Waals surface area contributed by atoms with Gasteiger partial charge in [-0.2, -0.15) is 0 Å². The van der Waals surface area contributed by atoms with Gasteiger partial charge in [-0.1, -0.05) is 12.8 Å². The molecule has 1 aliphatic heterocycles. The molecule has 0 aliphatic carbocycles. The smallest absolute Gasteiger partial charge is 0.0598 e. The Kier molecular flexibility index (Phi) is 5.83. The molecule has 1 heterocycles. The number of aliphatic hydroxyl groups excluding tert-OH is 1. The van der Waals surface area contributed by atoms with Crippen LogP contribution in [0.4, 0.5) is 0 Å². The van der Waals surface area contributed by atoms with E-state index >= 15 is 0 Å². The Morgan fingerprint density at radius 2 is 2.06 bits per heavy atom. The Balaban J connectivity index is 2.24. The number of rotatable bonds is 5. The summed E-state index contributed by atoms with van der Waals surface area (Å²) < 4.78 is 0. The fraction of sp³-hybridized carbons (Fsp3) is 0.846. The van der Waals surface area contributed by atoms with Crippen molar-refractivity contribution in [2.75, 3.05) is 26.2 Å². The summed E-state index contributed by atoms with van der Waals surface area (Å²) >= 11 is 0. The van der Waals surface area contributed by atoms with Gasteiger partial charge in [-0.15, -0.1) is 6.42 Å². The van der Waals surface area contributed by atoms with Gasteiger partial charge in [-0.25, -0.2) is 0 Å². The van der Waals surface area contributed by atoms with Gasteiger partial charge in [-0.3, -0.25) is 4.90 Å². The quantitative estimate of drug-likeness (QED) is 0.675. The summed E-state index contributed by atoms with van der Waals surface area (Å²) in [5, 5.41) is 12.7. The maximum Gasteiger partial charge on any atom is 0.0598 e. The third-order valence-corrected chi connectivity index (χ3v) is 3.54. The van der Waals surface area contributed by atoms with Gasteiger partial charge in [0.1, 0.15) is 0 Å². The molecular weight excluding hydrogens is 200 g/mol. The Hall–Kier alpha value is -0.560. The van der Waals surface area contributed by atoms with Crippen molar-refractivity contribution < 1.29 is 5.11 Å². The molecule has 2 N–H and O–H groups in total. The van der Waals surface area contributed by atoms with E-state index in [1.165, 1.54) is 0 Å². The first kappa shape index (κ1) is 13.5. The highest BCUT2D eigenvalue weighted by atomic mass is 16.3. The van der Waals surface area contributed by atoms with Crippen LogP contribution in [0, 0.1) is 18.3 Å². The third kappa shape index (κ3) is 4.13. The zero-order valence-electron chi connectivity index (χ0n) is 10.4. The molecule has 2 atom stereocenters. The lowest BCUT2D eigenvalue weighted by Gasteiger charge is -2.34. The molecule has 1 saturated heterocycles. The van der Waals surface area contributed by atoms with E-state index in [0.29, 0.717) is 18.0 Å². The van der Waals surface area contributed by atoms with Gasteiger partial charge < -0.3 is 10.4 Å². The molecule has 0 aromatic heterocycles. The van der Waals surface area contributed by atoms with Crippen LogP contribution in [0.25, 0.3) is 0 Å². The van der Waals surface area contributed by atoms with Crippen LogP contribution >= 0.6 is 0 Å². The number of hydrogen-bond acceptors (Lipinski definition) is 3. The molecule has 16 heavy (non-hydrogen) atoms. The van der Waals surface area contributed by atoms with Crippen LogP contribution in [0.5, 0.6) is 0 Å². The minimum absolute atomic E-state index is 0.254. The molecule has 2 unspecified atom stereocenters. The van der Waals surface area contributed by atoms with Crippen molar-refractivity contribution in [3.63, 3.8) is 0 Å². The standard InChI is InChI=1S/C13H24N2O/c1-4-7-15-8-5-13(6-9-15)14-12(3)11(2)10-16/h1,11-14,16H,5-10H2,2-3H3. The molecule has 0 aromatic carbocycles. The largest absolute Gasteiger partial charge is 0.396 e. The first-order valence-electron chi connectivity index (χ1n) is 6.20. The van der Waals surface area contributed by atoms with Crippen LogP contribution < -0.4 is 5.32 Å². The highest BCUT2D eigenvalue weighted by Gasteiger charge is 2.21. The molecule has 1 aliphatic rings. The Morgan fingerprint density at radius 1 is 1.44 bits per heavy atom. The molecular formula is C13H24N2O. The summed E-state index contributed by atoms with van der Waals surface area (Å²) in [7, 11) is 0. The normalized spacial score (nSPS) is 22.6. The summed E-state index contributed by atoms with van der Waals surface area (Å²) in [6, 6.07) is 0.965. The maximum atomic E-state index is 9.08. The molecule has 3 heteroatoms. The Bertz CT molecular complexity index is 229. The number of terminal acetylenes is 1. The molecule has 92 valence electrons. The van der Waals surface area contributed by atoms with Crippen molar-refractivity contribution >= 4 is 0 Å². The summed E-state index contributed by atoms with van der Waals surface area (Å²) in [6.07, 6.45) is 7.61. The molecule has 0 spiro atoms. The van der Waals surface area contributed by atoms with Gasteiger partial charge in [0.25, 0.3) is 0 Å². The van der Waals surface area contributed by atoms with Crippen LogP contribution in [0.3, 0.4) is 0 Å². The van der Waals surface area contributed by atoms with Crippen molar-refractivity contribution in [2.24, 2.45) is 5.92 Å². The van der Waals surface area contributed by atoms with E-state index in [2.05, 4.69) is 30.0 Å². The van der Waals surface area contributed by atoms with Crippen molar-refractivity contribution in [2.45, 2.75) is 38.8 Å². The van der Waals surface area contributed by atoms with E-state index in [9.17, 15) is 0 Å². The fourth-order valence-electron chi connectivity index (χ4n) is 2.08. The minimum Gasteiger partial charge on any atom is -0.396 e. The van der Waals surface area contributed by atoms with Crippen LogP contribution in [0.1, 0.15) is 26.7 Å². The predicted octanol–water partition coefficient (Wildman–Crippen LogP) is 0.690. The van der Waals surface area contributed by atoms with E-state index in [4.69, 9.17) is 11.5 Å². The Morgan fingerprint density at radius 3 is 2.56 bits per heavy atom. The topological polar surface area (TPSA) is 35.5 Å². The van der Waals surface area contributed by atoms with Crippen LogP contribution in [-0.2, 0) is 0 Å². The fourth-order valence-corrected chi connectivity index (χ4v) is 2.08. The molecule has 0 saturated carbocycles. The molecule has 1 fully saturated rings. The van der Waals surface area contributed by atoms with E-state index in [1.54, 1.807) is 0 Å². The lowest BCUT2D eigenvalue weighted by molar-refractivity contribution is 0.173. The molecule has 0 bridgehead atoms. The first-order chi connectivity index (χ1) is 7.67. The third-order valence-electron chi connectivity index (χ3n) is 3.54. The van der Waals surface area contributed by atoms with Crippen LogP contribution in [0.15, 0.2) is 0 Å². The summed E-state index contributed by atoms with van der Waals surface area (Å²) in [5.74, 6) is 3.02. The minimum atomic E-state index is 0.254. The summed E-state index contributed by atoms with van der Waals surface area (Å²) in [4.78, 5) is 2.32. The van der Waals surface area contributed by atoms with E-state index < -0.39 is 0 Å². The average molecular weight is 224 g/mol.